The topological polar surface area (TPSA) is 86.6 Å². The molecule has 1 aliphatic heterocycles. The highest BCUT2D eigenvalue weighted by molar-refractivity contribution is 5.91. The van der Waals surface area contributed by atoms with Crippen LogP contribution in [0.2, 0.25) is 0 Å². The van der Waals surface area contributed by atoms with Crippen LogP contribution in [0.3, 0.4) is 0 Å². The Kier molecular flexibility index (Phi) is 3.87. The minimum absolute atomic E-state index is 0.136. The lowest BCUT2D eigenvalue weighted by Crippen LogP contribution is -2.51. The molecule has 0 aliphatic carbocycles. The van der Waals surface area contributed by atoms with E-state index in [-0.39, 0.29) is 17.7 Å². The third-order valence-electron chi connectivity index (χ3n) is 3.61. The number of carboxylic acid groups (broad SMARTS) is 1. The largest absolute Gasteiger partial charge is 0.481 e. The second kappa shape index (κ2) is 5.44. The van der Waals surface area contributed by atoms with E-state index in [4.69, 9.17) is 5.11 Å². The number of hydrogen-bond acceptors (Lipinski definition) is 5. The summed E-state index contributed by atoms with van der Waals surface area (Å²) in [5, 5.41) is 16.9. The van der Waals surface area contributed by atoms with E-state index in [0.717, 1.165) is 0 Å². The quantitative estimate of drug-likeness (QED) is 0.854. The molecule has 2 heterocycles. The first kappa shape index (κ1) is 14.2. The fraction of sp³-hybridized carbons (Fsp3) is 0.538. The fourth-order valence-electron chi connectivity index (χ4n) is 2.05. The fourth-order valence-corrected chi connectivity index (χ4v) is 2.05. The first-order valence-electron chi connectivity index (χ1n) is 6.43. The van der Waals surface area contributed by atoms with Crippen molar-refractivity contribution >= 4 is 17.7 Å². The molecule has 1 aliphatic rings. The van der Waals surface area contributed by atoms with Crippen molar-refractivity contribution < 1.29 is 14.7 Å². The van der Waals surface area contributed by atoms with Gasteiger partial charge in [-0.25, -0.2) is 0 Å². The van der Waals surface area contributed by atoms with Crippen LogP contribution in [0.15, 0.2) is 12.1 Å². The Hall–Kier alpha value is -2.18. The zero-order valence-corrected chi connectivity index (χ0v) is 11.8. The normalized spacial score (nSPS) is 16.4. The molecule has 1 aromatic rings. The van der Waals surface area contributed by atoms with Gasteiger partial charge in [-0.15, -0.1) is 10.2 Å². The van der Waals surface area contributed by atoms with Crippen LogP contribution < -0.4 is 4.90 Å². The molecule has 0 spiro atoms. The maximum atomic E-state index is 11.7. The van der Waals surface area contributed by atoms with Gasteiger partial charge in [-0.1, -0.05) is 6.92 Å². The first-order chi connectivity index (χ1) is 9.40. The molecule has 20 heavy (non-hydrogen) atoms. The van der Waals surface area contributed by atoms with E-state index < -0.39 is 5.97 Å². The Morgan fingerprint density at radius 3 is 2.45 bits per heavy atom. The number of anilines is 1. The zero-order valence-electron chi connectivity index (χ0n) is 11.8. The molecule has 108 valence electrons. The van der Waals surface area contributed by atoms with Crippen LogP contribution >= 0.6 is 0 Å². The summed E-state index contributed by atoms with van der Waals surface area (Å²) < 4.78 is 0. The summed E-state index contributed by atoms with van der Waals surface area (Å²) in [6.07, 6.45) is 0. The van der Waals surface area contributed by atoms with Gasteiger partial charge in [0.25, 0.3) is 5.91 Å². The molecule has 1 N–H and O–H groups in total. The third kappa shape index (κ3) is 2.71. The summed E-state index contributed by atoms with van der Waals surface area (Å²) >= 11 is 0. The highest BCUT2D eigenvalue weighted by Crippen LogP contribution is 2.27. The number of amides is 1. The van der Waals surface area contributed by atoms with Gasteiger partial charge in [0.2, 0.25) is 0 Å². The molecule has 1 atom stereocenters. The Morgan fingerprint density at radius 1 is 1.35 bits per heavy atom. The van der Waals surface area contributed by atoms with Crippen molar-refractivity contribution in [3.8, 4) is 0 Å². The molecule has 1 fully saturated rings. The van der Waals surface area contributed by atoms with E-state index in [9.17, 15) is 9.59 Å². The van der Waals surface area contributed by atoms with E-state index >= 15 is 0 Å². The van der Waals surface area contributed by atoms with Crippen LogP contribution in [0.1, 0.15) is 17.4 Å². The van der Waals surface area contributed by atoms with Crippen LogP contribution in [0.4, 0.5) is 5.82 Å². The number of rotatable bonds is 4. The Bertz CT molecular complexity index is 509. The molecule has 0 saturated carbocycles. The standard InChI is InChI=1S/C13H18N4O3/c1-8(13(19)20)9-6-17(7-9)11-5-4-10(14-15-11)12(18)16(2)3/h4-5,8-9H,6-7H2,1-3H3,(H,19,20). The summed E-state index contributed by atoms with van der Waals surface area (Å²) in [5.74, 6) is -0.502. The van der Waals surface area contributed by atoms with Gasteiger partial charge in [0.15, 0.2) is 11.5 Å². The van der Waals surface area contributed by atoms with Crippen LogP contribution in [0.25, 0.3) is 0 Å². The van der Waals surface area contributed by atoms with Crippen LogP contribution in [-0.2, 0) is 4.79 Å². The number of carbonyl (C=O) groups excluding carboxylic acids is 1. The molecule has 2 rings (SSSR count). The lowest BCUT2D eigenvalue weighted by atomic mass is 9.87. The van der Waals surface area contributed by atoms with E-state index in [1.165, 1.54) is 4.90 Å². The average Bonchev–Trinajstić information content (AvgIpc) is 2.36. The summed E-state index contributed by atoms with van der Waals surface area (Å²) in [6, 6.07) is 3.38. The summed E-state index contributed by atoms with van der Waals surface area (Å²) in [6.45, 7) is 3.03. The van der Waals surface area contributed by atoms with Crippen molar-refractivity contribution in [2.75, 3.05) is 32.1 Å². The highest BCUT2D eigenvalue weighted by Gasteiger charge is 2.35. The van der Waals surface area contributed by atoms with E-state index in [1.807, 2.05) is 4.90 Å². The highest BCUT2D eigenvalue weighted by atomic mass is 16.4. The molecule has 1 unspecified atom stereocenters. The molecule has 0 bridgehead atoms. The van der Waals surface area contributed by atoms with Crippen molar-refractivity contribution in [1.82, 2.24) is 15.1 Å². The van der Waals surface area contributed by atoms with Gasteiger partial charge in [0, 0.05) is 33.1 Å². The smallest absolute Gasteiger partial charge is 0.306 e. The molecule has 1 aromatic heterocycles. The maximum absolute atomic E-state index is 11.7. The molecule has 7 nitrogen and oxygen atoms in total. The molecule has 1 amide bonds. The van der Waals surface area contributed by atoms with Crippen molar-refractivity contribution in [2.45, 2.75) is 6.92 Å². The SMILES string of the molecule is CC(C(=O)O)C1CN(c2ccc(C(=O)N(C)C)nn2)C1. The van der Waals surface area contributed by atoms with Gasteiger partial charge < -0.3 is 14.9 Å². The van der Waals surface area contributed by atoms with Gasteiger partial charge in [0.1, 0.15) is 0 Å². The zero-order chi connectivity index (χ0) is 14.9. The van der Waals surface area contributed by atoms with Crippen LogP contribution in [0, 0.1) is 11.8 Å². The van der Waals surface area contributed by atoms with Gasteiger partial charge in [-0.2, -0.15) is 0 Å². The number of aliphatic carboxylic acids is 1. The molecule has 0 radical (unpaired) electrons. The van der Waals surface area contributed by atoms with Crippen LogP contribution in [-0.4, -0.2) is 59.3 Å². The second-order valence-corrected chi connectivity index (χ2v) is 5.27. The molecular formula is C13H18N4O3. The van der Waals surface area contributed by atoms with Gasteiger partial charge >= 0.3 is 5.97 Å². The third-order valence-corrected chi connectivity index (χ3v) is 3.61. The molecular weight excluding hydrogens is 260 g/mol. The van der Waals surface area contributed by atoms with Crippen molar-refractivity contribution in [3.63, 3.8) is 0 Å². The predicted octanol–water partition coefficient (Wildman–Crippen LogP) is 0.335. The minimum Gasteiger partial charge on any atom is -0.481 e. The monoisotopic (exact) mass is 278 g/mol. The predicted molar refractivity (Wildman–Crippen MR) is 72.6 cm³/mol. The average molecular weight is 278 g/mol. The number of carbonyl (C=O) groups is 2. The lowest BCUT2D eigenvalue weighted by Gasteiger charge is -2.41. The number of nitrogens with zero attached hydrogens (tertiary/aromatic N) is 4. The molecule has 0 aromatic carbocycles. The van der Waals surface area contributed by atoms with Gasteiger partial charge in [-0.05, 0) is 12.1 Å². The number of carboxylic acids is 1. The van der Waals surface area contributed by atoms with E-state index in [2.05, 4.69) is 10.2 Å². The van der Waals surface area contributed by atoms with Gasteiger partial charge in [-0.3, -0.25) is 9.59 Å². The van der Waals surface area contributed by atoms with E-state index in [0.29, 0.717) is 24.6 Å². The summed E-state index contributed by atoms with van der Waals surface area (Å²) in [7, 11) is 3.32. The first-order valence-corrected chi connectivity index (χ1v) is 6.43. The van der Waals surface area contributed by atoms with Crippen molar-refractivity contribution in [3.05, 3.63) is 17.8 Å². The van der Waals surface area contributed by atoms with Crippen molar-refractivity contribution in [2.24, 2.45) is 11.8 Å². The molecule has 7 heteroatoms. The minimum atomic E-state index is -0.771. The second-order valence-electron chi connectivity index (χ2n) is 5.27. The van der Waals surface area contributed by atoms with Crippen LogP contribution in [0.5, 0.6) is 0 Å². The maximum Gasteiger partial charge on any atom is 0.306 e. The van der Waals surface area contributed by atoms with Crippen molar-refractivity contribution in [1.29, 1.82) is 0 Å². The van der Waals surface area contributed by atoms with Gasteiger partial charge in [0.05, 0.1) is 5.92 Å². The number of hydrogen-bond donors (Lipinski definition) is 1. The number of aromatic nitrogens is 2. The summed E-state index contributed by atoms with van der Waals surface area (Å²) in [4.78, 5) is 25.9. The molecule has 1 saturated heterocycles. The van der Waals surface area contributed by atoms with E-state index in [1.54, 1.807) is 33.2 Å². The Morgan fingerprint density at radius 2 is 2.00 bits per heavy atom. The Balaban J connectivity index is 1.96. The Labute approximate surface area is 117 Å². The summed E-state index contributed by atoms with van der Waals surface area (Å²) in [5.41, 5.74) is 0.301. The lowest BCUT2D eigenvalue weighted by molar-refractivity contribution is -0.143.